The number of nitrogens with one attached hydrogen (secondary N) is 2. The lowest BCUT2D eigenvalue weighted by Crippen LogP contribution is -2.39. The minimum Gasteiger partial charge on any atom is -0.495 e. The van der Waals surface area contributed by atoms with Crippen molar-refractivity contribution < 1.29 is 14.3 Å². The zero-order valence-electron chi connectivity index (χ0n) is 13.9. The fourth-order valence-corrected chi connectivity index (χ4v) is 4.00. The van der Waals surface area contributed by atoms with Crippen molar-refractivity contribution in [3.63, 3.8) is 0 Å². The number of methoxy groups -OCH3 is 2. The van der Waals surface area contributed by atoms with Gasteiger partial charge >= 0.3 is 0 Å². The number of rotatable bonds is 5. The zero-order chi connectivity index (χ0) is 16.4. The summed E-state index contributed by atoms with van der Waals surface area (Å²) in [7, 11) is 3.10. The number of benzene rings is 1. The van der Waals surface area contributed by atoms with Gasteiger partial charge in [0.05, 0.1) is 24.9 Å². The van der Waals surface area contributed by atoms with Crippen LogP contribution in [0, 0.1) is 5.92 Å². The van der Waals surface area contributed by atoms with Crippen LogP contribution in [-0.4, -0.2) is 32.2 Å². The van der Waals surface area contributed by atoms with Crippen molar-refractivity contribution in [1.29, 1.82) is 0 Å². The molecule has 2 aliphatic rings. The van der Waals surface area contributed by atoms with Crippen molar-refractivity contribution in [2.75, 3.05) is 19.5 Å². The Kier molecular flexibility index (Phi) is 6.61. The first-order chi connectivity index (χ1) is 11.1. The minimum atomic E-state index is 0. The van der Waals surface area contributed by atoms with Gasteiger partial charge in [-0.15, -0.1) is 12.4 Å². The molecular weight excluding hydrogens is 351 g/mol. The molecule has 0 spiro atoms. The molecule has 2 fully saturated rings. The molecule has 1 aromatic carbocycles. The molecule has 2 unspecified atom stereocenters. The second kappa shape index (κ2) is 8.28. The van der Waals surface area contributed by atoms with Crippen molar-refractivity contribution in [3.05, 3.63) is 17.2 Å². The lowest BCUT2D eigenvalue weighted by atomic mass is 9.89. The molecule has 134 valence electrons. The van der Waals surface area contributed by atoms with Crippen LogP contribution in [-0.2, 0) is 4.79 Å². The van der Waals surface area contributed by atoms with Crippen LogP contribution in [0.1, 0.15) is 32.1 Å². The van der Waals surface area contributed by atoms with Crippen LogP contribution in [0.25, 0.3) is 0 Å². The van der Waals surface area contributed by atoms with Crippen LogP contribution in [0.15, 0.2) is 12.1 Å². The SMILES string of the molecule is COc1cc(OC)c(NC(=O)CC2CC3CCC(C2)N3)cc1Cl.Cl. The fraction of sp³-hybridized carbons (Fsp3) is 0.588. The van der Waals surface area contributed by atoms with Gasteiger partial charge in [-0.1, -0.05) is 11.6 Å². The maximum absolute atomic E-state index is 12.4. The van der Waals surface area contributed by atoms with E-state index in [1.807, 2.05) is 0 Å². The predicted octanol–water partition coefficient (Wildman–Crippen LogP) is 3.64. The van der Waals surface area contributed by atoms with Gasteiger partial charge in [-0.25, -0.2) is 0 Å². The Morgan fingerprint density at radius 2 is 1.83 bits per heavy atom. The molecule has 0 radical (unpaired) electrons. The van der Waals surface area contributed by atoms with E-state index in [9.17, 15) is 4.79 Å². The number of carbonyl (C=O) groups excluding carboxylic acids is 1. The average Bonchev–Trinajstić information content (AvgIpc) is 2.86. The summed E-state index contributed by atoms with van der Waals surface area (Å²) in [6.07, 6.45) is 5.20. The molecule has 3 rings (SSSR count). The van der Waals surface area contributed by atoms with Gasteiger partial charge in [0.2, 0.25) is 5.91 Å². The molecule has 0 saturated carbocycles. The van der Waals surface area contributed by atoms with Crippen LogP contribution in [0.5, 0.6) is 11.5 Å². The van der Waals surface area contributed by atoms with Gasteiger partial charge in [0.15, 0.2) is 0 Å². The number of piperidine rings is 1. The largest absolute Gasteiger partial charge is 0.495 e. The van der Waals surface area contributed by atoms with Crippen molar-refractivity contribution in [1.82, 2.24) is 5.32 Å². The lowest BCUT2D eigenvalue weighted by Gasteiger charge is -2.28. The Bertz CT molecular complexity index is 585. The number of halogens is 2. The third kappa shape index (κ3) is 4.26. The highest BCUT2D eigenvalue weighted by molar-refractivity contribution is 6.32. The fourth-order valence-electron chi connectivity index (χ4n) is 3.76. The molecule has 0 aliphatic carbocycles. The average molecular weight is 375 g/mol. The molecule has 0 aromatic heterocycles. The van der Waals surface area contributed by atoms with E-state index in [0.717, 1.165) is 12.8 Å². The quantitative estimate of drug-likeness (QED) is 0.825. The summed E-state index contributed by atoms with van der Waals surface area (Å²) in [4.78, 5) is 12.4. The maximum Gasteiger partial charge on any atom is 0.224 e. The molecule has 2 heterocycles. The normalized spacial score (nSPS) is 24.9. The van der Waals surface area contributed by atoms with Gasteiger partial charge in [0, 0.05) is 24.6 Å². The molecule has 7 heteroatoms. The van der Waals surface area contributed by atoms with Crippen LogP contribution in [0.2, 0.25) is 5.02 Å². The zero-order valence-corrected chi connectivity index (χ0v) is 15.5. The smallest absolute Gasteiger partial charge is 0.224 e. The van der Waals surface area contributed by atoms with Crippen LogP contribution >= 0.6 is 24.0 Å². The maximum atomic E-state index is 12.4. The highest BCUT2D eigenvalue weighted by Gasteiger charge is 2.34. The Labute approximate surface area is 153 Å². The van der Waals surface area contributed by atoms with Gasteiger partial charge in [-0.05, 0) is 37.7 Å². The Morgan fingerprint density at radius 3 is 2.42 bits per heavy atom. The first-order valence-electron chi connectivity index (χ1n) is 8.06. The number of hydrogen-bond donors (Lipinski definition) is 2. The number of carbonyl (C=O) groups is 1. The van der Waals surface area contributed by atoms with Crippen molar-refractivity contribution in [3.8, 4) is 11.5 Å². The Morgan fingerprint density at radius 1 is 1.21 bits per heavy atom. The molecule has 5 nitrogen and oxygen atoms in total. The summed E-state index contributed by atoms with van der Waals surface area (Å²) in [6, 6.07) is 4.54. The molecule has 2 bridgehead atoms. The second-order valence-electron chi connectivity index (χ2n) is 6.41. The standard InChI is InChI=1S/C17H23ClN2O3.ClH/c1-22-15-9-16(23-2)14(8-13(15)18)20-17(21)7-10-5-11-3-4-12(6-10)19-11;/h8-12,19H,3-7H2,1-2H3,(H,20,21);1H. The molecular formula is C17H24Cl2N2O3. The summed E-state index contributed by atoms with van der Waals surface area (Å²) in [5.41, 5.74) is 0.584. The van der Waals surface area contributed by atoms with Crippen LogP contribution < -0.4 is 20.1 Å². The molecule has 2 aliphatic heterocycles. The van der Waals surface area contributed by atoms with Crippen LogP contribution in [0.4, 0.5) is 5.69 Å². The van der Waals surface area contributed by atoms with Crippen molar-refractivity contribution >= 4 is 35.6 Å². The minimum absolute atomic E-state index is 0. The summed E-state index contributed by atoms with van der Waals surface area (Å²) in [6.45, 7) is 0. The summed E-state index contributed by atoms with van der Waals surface area (Å²) in [5, 5.41) is 6.97. The number of anilines is 1. The topological polar surface area (TPSA) is 59.6 Å². The molecule has 2 N–H and O–H groups in total. The highest BCUT2D eigenvalue weighted by atomic mass is 35.5. The van der Waals surface area contributed by atoms with Crippen LogP contribution in [0.3, 0.4) is 0 Å². The van der Waals surface area contributed by atoms with E-state index in [-0.39, 0.29) is 18.3 Å². The van der Waals surface area contributed by atoms with E-state index in [1.165, 1.54) is 12.8 Å². The molecule has 24 heavy (non-hydrogen) atoms. The van der Waals surface area contributed by atoms with Gasteiger partial charge < -0.3 is 20.1 Å². The van der Waals surface area contributed by atoms with Gasteiger partial charge in [0.25, 0.3) is 0 Å². The van der Waals surface area contributed by atoms with E-state index in [4.69, 9.17) is 21.1 Å². The van der Waals surface area contributed by atoms with Gasteiger partial charge in [-0.2, -0.15) is 0 Å². The first-order valence-corrected chi connectivity index (χ1v) is 8.44. The summed E-state index contributed by atoms with van der Waals surface area (Å²) < 4.78 is 10.5. The van der Waals surface area contributed by atoms with E-state index < -0.39 is 0 Å². The van der Waals surface area contributed by atoms with E-state index >= 15 is 0 Å². The third-order valence-corrected chi connectivity index (χ3v) is 5.09. The van der Waals surface area contributed by atoms with Crippen molar-refractivity contribution in [2.45, 2.75) is 44.2 Å². The molecule has 1 aromatic rings. The number of fused-ring (bicyclic) bond motifs is 2. The Hall–Kier alpha value is -1.17. The Balaban J connectivity index is 0.00000208. The number of hydrogen-bond acceptors (Lipinski definition) is 4. The van der Waals surface area contributed by atoms with E-state index in [0.29, 0.717) is 46.6 Å². The van der Waals surface area contributed by atoms with E-state index in [1.54, 1.807) is 26.4 Å². The summed E-state index contributed by atoms with van der Waals surface area (Å²) >= 11 is 6.14. The monoisotopic (exact) mass is 374 g/mol. The third-order valence-electron chi connectivity index (χ3n) is 4.79. The summed E-state index contributed by atoms with van der Waals surface area (Å²) in [5.74, 6) is 1.53. The number of amides is 1. The predicted molar refractivity (Wildman–Crippen MR) is 97.7 cm³/mol. The first kappa shape index (κ1) is 19.2. The number of ether oxygens (including phenoxy) is 2. The van der Waals surface area contributed by atoms with Gasteiger partial charge in [0.1, 0.15) is 11.5 Å². The molecule has 1 amide bonds. The molecule has 2 atom stereocenters. The highest BCUT2D eigenvalue weighted by Crippen LogP contribution is 2.37. The van der Waals surface area contributed by atoms with Gasteiger partial charge in [-0.3, -0.25) is 4.79 Å². The molecule has 2 saturated heterocycles. The lowest BCUT2D eigenvalue weighted by molar-refractivity contribution is -0.117. The second-order valence-corrected chi connectivity index (χ2v) is 6.82. The van der Waals surface area contributed by atoms with Crippen molar-refractivity contribution in [2.24, 2.45) is 5.92 Å². The van der Waals surface area contributed by atoms with E-state index in [2.05, 4.69) is 10.6 Å².